The lowest BCUT2D eigenvalue weighted by molar-refractivity contribution is -0.128. The highest BCUT2D eigenvalue weighted by Crippen LogP contribution is 2.38. The Morgan fingerprint density at radius 1 is 1.19 bits per heavy atom. The second-order valence-corrected chi connectivity index (χ2v) is 6.94. The van der Waals surface area contributed by atoms with E-state index in [1.54, 1.807) is 7.11 Å². The summed E-state index contributed by atoms with van der Waals surface area (Å²) in [5, 5.41) is 2.43. The molecule has 0 bridgehead atoms. The number of aromatic nitrogens is 2. The van der Waals surface area contributed by atoms with Crippen LogP contribution in [0.25, 0.3) is 11.4 Å². The van der Waals surface area contributed by atoms with Crippen LogP contribution in [0.3, 0.4) is 0 Å². The van der Waals surface area contributed by atoms with Gasteiger partial charge in [0, 0.05) is 43.0 Å². The van der Waals surface area contributed by atoms with E-state index in [1.807, 2.05) is 36.7 Å². The first-order valence-electron chi connectivity index (χ1n) is 8.60. The summed E-state index contributed by atoms with van der Waals surface area (Å²) in [7, 11) is 1.63. The van der Waals surface area contributed by atoms with Gasteiger partial charge in [0.05, 0.1) is 12.5 Å². The Morgan fingerprint density at radius 3 is 2.54 bits per heavy atom. The van der Waals surface area contributed by atoms with Crippen LogP contribution in [0.2, 0.25) is 0 Å². The topological polar surface area (TPSA) is 84.4 Å². The molecule has 7 nitrogen and oxygen atoms in total. The molecule has 2 aromatic rings. The molecule has 2 saturated heterocycles. The number of amides is 2. The molecule has 26 heavy (non-hydrogen) atoms. The van der Waals surface area contributed by atoms with Gasteiger partial charge < -0.3 is 4.74 Å². The Kier molecular flexibility index (Phi) is 4.16. The average molecular weight is 352 g/mol. The van der Waals surface area contributed by atoms with Gasteiger partial charge in [0.15, 0.2) is 5.82 Å². The first kappa shape index (κ1) is 16.7. The molecule has 1 spiro atoms. The van der Waals surface area contributed by atoms with E-state index >= 15 is 0 Å². The molecule has 2 aliphatic heterocycles. The Morgan fingerprint density at radius 2 is 1.92 bits per heavy atom. The quantitative estimate of drug-likeness (QED) is 0.837. The van der Waals surface area contributed by atoms with Crippen molar-refractivity contribution in [1.82, 2.24) is 20.2 Å². The highest BCUT2D eigenvalue weighted by molar-refractivity contribution is 6.06. The molecule has 0 radical (unpaired) electrons. The zero-order valence-corrected chi connectivity index (χ0v) is 14.6. The van der Waals surface area contributed by atoms with E-state index in [1.165, 1.54) is 0 Å². The first-order chi connectivity index (χ1) is 12.6. The number of carbonyl (C=O) groups excluding carboxylic acids is 2. The molecule has 3 heterocycles. The van der Waals surface area contributed by atoms with E-state index in [0.717, 1.165) is 29.8 Å². The summed E-state index contributed by atoms with van der Waals surface area (Å²) < 4.78 is 5.16. The summed E-state index contributed by atoms with van der Waals surface area (Å²) in [5.74, 6) is 1.16. The number of likely N-dealkylation sites (tertiary alicyclic amines) is 1. The second kappa shape index (κ2) is 6.49. The predicted octanol–water partition coefficient (Wildman–Crippen LogP) is 1.39. The molecular weight excluding hydrogens is 332 g/mol. The zero-order valence-electron chi connectivity index (χ0n) is 14.6. The normalized spacial score (nSPS) is 22.8. The molecule has 0 saturated carbocycles. The number of carbonyl (C=O) groups is 2. The summed E-state index contributed by atoms with van der Waals surface area (Å²) in [4.78, 5) is 34.7. The number of nitrogens with one attached hydrogen (secondary N) is 1. The van der Waals surface area contributed by atoms with E-state index in [9.17, 15) is 9.59 Å². The van der Waals surface area contributed by atoms with Crippen molar-refractivity contribution in [3.05, 3.63) is 42.2 Å². The van der Waals surface area contributed by atoms with Gasteiger partial charge in [-0.25, -0.2) is 9.97 Å². The molecule has 2 fully saturated rings. The van der Waals surface area contributed by atoms with E-state index in [-0.39, 0.29) is 11.8 Å². The largest absolute Gasteiger partial charge is 0.497 e. The molecule has 1 aromatic heterocycles. The van der Waals surface area contributed by atoms with Gasteiger partial charge in [-0.1, -0.05) is 0 Å². The molecule has 2 amide bonds. The maximum absolute atomic E-state index is 12.1. The molecule has 1 N–H and O–H groups in total. The number of rotatable bonds is 4. The Bertz CT molecular complexity index is 835. The van der Waals surface area contributed by atoms with Crippen molar-refractivity contribution < 1.29 is 14.3 Å². The SMILES string of the molecule is COc1ccc(-c2ncc(CN3CC[C@]4(CC(=O)NC4=O)C3)cn2)cc1. The number of benzene rings is 1. The average Bonchev–Trinajstić information content (AvgIpc) is 3.18. The molecule has 7 heteroatoms. The van der Waals surface area contributed by atoms with Gasteiger partial charge in [-0.15, -0.1) is 0 Å². The van der Waals surface area contributed by atoms with Gasteiger partial charge in [0.2, 0.25) is 11.8 Å². The number of ether oxygens (including phenoxy) is 1. The van der Waals surface area contributed by atoms with Crippen LogP contribution in [-0.2, 0) is 16.1 Å². The second-order valence-electron chi connectivity index (χ2n) is 6.94. The van der Waals surface area contributed by atoms with E-state index in [0.29, 0.717) is 25.3 Å². The number of methoxy groups -OCH3 is 1. The lowest BCUT2D eigenvalue weighted by Gasteiger charge is -2.20. The number of nitrogens with zero attached hydrogens (tertiary/aromatic N) is 3. The molecule has 1 atom stereocenters. The van der Waals surface area contributed by atoms with E-state index in [4.69, 9.17) is 4.74 Å². The van der Waals surface area contributed by atoms with Gasteiger partial charge in [-0.05, 0) is 37.2 Å². The van der Waals surface area contributed by atoms with Crippen molar-refractivity contribution in [2.24, 2.45) is 5.41 Å². The van der Waals surface area contributed by atoms with Crippen LogP contribution in [0.15, 0.2) is 36.7 Å². The Labute approximate surface area is 151 Å². The monoisotopic (exact) mass is 352 g/mol. The van der Waals surface area contributed by atoms with Gasteiger partial charge in [-0.3, -0.25) is 19.8 Å². The predicted molar refractivity (Wildman–Crippen MR) is 94.1 cm³/mol. The minimum atomic E-state index is -0.541. The molecule has 4 rings (SSSR count). The van der Waals surface area contributed by atoms with Crippen LogP contribution in [0.5, 0.6) is 5.75 Å². The standard InChI is InChI=1S/C19H20N4O3/c1-26-15-4-2-14(3-5-15)17-20-9-13(10-21-17)11-23-7-6-19(12-23)8-16(24)22-18(19)25/h2-5,9-10H,6-8,11-12H2,1H3,(H,22,24,25)/t19-/m0/s1. The van der Waals surface area contributed by atoms with Gasteiger partial charge in [0.1, 0.15) is 5.75 Å². The van der Waals surface area contributed by atoms with Crippen LogP contribution < -0.4 is 10.1 Å². The Hall–Kier alpha value is -2.80. The summed E-state index contributed by atoms with van der Waals surface area (Å²) in [6, 6.07) is 7.61. The molecule has 1 aromatic carbocycles. The fourth-order valence-corrected chi connectivity index (χ4v) is 3.70. The number of imide groups is 1. The maximum atomic E-state index is 12.1. The van der Waals surface area contributed by atoms with Crippen LogP contribution in [0, 0.1) is 5.41 Å². The molecule has 0 unspecified atom stereocenters. The van der Waals surface area contributed by atoms with Crippen molar-refractivity contribution >= 4 is 11.8 Å². The minimum Gasteiger partial charge on any atom is -0.497 e. The van der Waals surface area contributed by atoms with Crippen molar-refractivity contribution in [1.29, 1.82) is 0 Å². The summed E-state index contributed by atoms with van der Waals surface area (Å²) in [5.41, 5.74) is 1.38. The highest BCUT2D eigenvalue weighted by atomic mass is 16.5. The van der Waals surface area contributed by atoms with Gasteiger partial charge in [-0.2, -0.15) is 0 Å². The first-order valence-corrected chi connectivity index (χ1v) is 8.60. The van der Waals surface area contributed by atoms with Crippen LogP contribution in [0.4, 0.5) is 0 Å². The highest BCUT2D eigenvalue weighted by Gasteiger charge is 2.50. The lowest BCUT2D eigenvalue weighted by atomic mass is 9.85. The summed E-state index contributed by atoms with van der Waals surface area (Å²) in [6.07, 6.45) is 4.65. The third kappa shape index (κ3) is 3.06. The third-order valence-electron chi connectivity index (χ3n) is 5.13. The molecule has 2 aliphatic rings. The van der Waals surface area contributed by atoms with Gasteiger partial charge >= 0.3 is 0 Å². The fourth-order valence-electron chi connectivity index (χ4n) is 3.70. The zero-order chi connectivity index (χ0) is 18.1. The smallest absolute Gasteiger partial charge is 0.234 e. The molecular formula is C19H20N4O3. The van der Waals surface area contributed by atoms with Crippen molar-refractivity contribution in [2.45, 2.75) is 19.4 Å². The maximum Gasteiger partial charge on any atom is 0.234 e. The van der Waals surface area contributed by atoms with Crippen LogP contribution in [0.1, 0.15) is 18.4 Å². The van der Waals surface area contributed by atoms with Crippen molar-refractivity contribution in [3.63, 3.8) is 0 Å². The number of hydrogen-bond donors (Lipinski definition) is 1. The lowest BCUT2D eigenvalue weighted by Crippen LogP contribution is -2.34. The van der Waals surface area contributed by atoms with E-state index < -0.39 is 5.41 Å². The molecule has 134 valence electrons. The van der Waals surface area contributed by atoms with Gasteiger partial charge in [0.25, 0.3) is 0 Å². The Balaban J connectivity index is 1.42. The van der Waals surface area contributed by atoms with Crippen LogP contribution >= 0.6 is 0 Å². The van der Waals surface area contributed by atoms with Crippen LogP contribution in [-0.4, -0.2) is 46.9 Å². The third-order valence-corrected chi connectivity index (χ3v) is 5.13. The summed E-state index contributed by atoms with van der Waals surface area (Å²) in [6.45, 7) is 2.07. The van der Waals surface area contributed by atoms with E-state index in [2.05, 4.69) is 20.2 Å². The minimum absolute atomic E-state index is 0.129. The van der Waals surface area contributed by atoms with Crippen molar-refractivity contribution in [2.75, 3.05) is 20.2 Å². The molecule has 0 aliphatic carbocycles. The number of hydrogen-bond acceptors (Lipinski definition) is 6. The fraction of sp³-hybridized carbons (Fsp3) is 0.368. The summed E-state index contributed by atoms with van der Waals surface area (Å²) >= 11 is 0. The van der Waals surface area contributed by atoms with Crippen molar-refractivity contribution in [3.8, 4) is 17.1 Å².